The third-order valence-corrected chi connectivity index (χ3v) is 19.5. The summed E-state index contributed by atoms with van der Waals surface area (Å²) in [6.45, 7) is 0. The Kier molecular flexibility index (Phi) is 9.35. The predicted octanol–water partition coefficient (Wildman–Crippen LogP) is 22.4. The van der Waals surface area contributed by atoms with Crippen LogP contribution in [0.3, 0.4) is 0 Å². The molecule has 0 bridgehead atoms. The molecule has 1 aliphatic rings. The predicted molar refractivity (Wildman–Crippen MR) is 345 cm³/mol. The van der Waals surface area contributed by atoms with Gasteiger partial charge in [-0.3, -0.25) is 0 Å². The number of hydrogen-bond acceptors (Lipinski definition) is 3. The van der Waals surface area contributed by atoms with E-state index in [0.717, 1.165) is 5.69 Å². The van der Waals surface area contributed by atoms with Gasteiger partial charge in [-0.2, -0.15) is 0 Å². The van der Waals surface area contributed by atoms with Crippen molar-refractivity contribution in [1.29, 1.82) is 0 Å². The molecule has 18 rings (SSSR count). The van der Waals surface area contributed by atoms with E-state index in [9.17, 15) is 0 Å². The van der Waals surface area contributed by atoms with Crippen LogP contribution in [0.2, 0.25) is 0 Å². The van der Waals surface area contributed by atoms with Crippen molar-refractivity contribution in [3.63, 3.8) is 0 Å². The Morgan fingerprint density at radius 2 is 0.812 bits per heavy atom. The van der Waals surface area contributed by atoms with Gasteiger partial charge in [0.25, 0.3) is 0 Å². The molecular weight excluding hydrogens is 1000 g/mol. The lowest BCUT2D eigenvalue weighted by Crippen LogP contribution is -2.14. The number of rotatable bonds is 5. The minimum atomic E-state index is 1.14. The van der Waals surface area contributed by atoms with Crippen LogP contribution in [0.4, 0.5) is 17.1 Å². The second kappa shape index (κ2) is 16.9. The molecule has 0 saturated carbocycles. The van der Waals surface area contributed by atoms with Crippen LogP contribution in [0.15, 0.2) is 277 Å². The smallest absolute Gasteiger partial charge is 0.0602 e. The first-order chi connectivity index (χ1) is 39.7. The number of hydrogen-bond donors (Lipinski definition) is 0. The summed E-state index contributed by atoms with van der Waals surface area (Å²) in [5, 5.41) is 20.6. The van der Waals surface area contributed by atoms with Crippen LogP contribution in [0, 0.1) is 0 Å². The van der Waals surface area contributed by atoms with E-state index in [-0.39, 0.29) is 0 Å². The number of para-hydroxylation sites is 2. The molecule has 0 spiro atoms. The maximum atomic E-state index is 2.53. The lowest BCUT2D eigenvalue weighted by atomic mass is 9.85. The molecule has 4 heteroatoms. The van der Waals surface area contributed by atoms with E-state index in [2.05, 4.69) is 276 Å². The Balaban J connectivity index is 0.790. The van der Waals surface area contributed by atoms with Gasteiger partial charge in [0, 0.05) is 62.6 Å². The van der Waals surface area contributed by atoms with E-state index in [0.29, 0.717) is 0 Å². The van der Waals surface area contributed by atoms with Crippen molar-refractivity contribution in [1.82, 2.24) is 4.57 Å². The van der Waals surface area contributed by atoms with E-state index in [1.54, 1.807) is 0 Å². The summed E-state index contributed by atoms with van der Waals surface area (Å²) in [6.07, 6.45) is 0. The maximum Gasteiger partial charge on any atom is 0.0602 e. The molecule has 1 aliphatic heterocycles. The van der Waals surface area contributed by atoms with Crippen LogP contribution in [0.1, 0.15) is 0 Å². The second-order valence-electron chi connectivity index (χ2n) is 21.5. The van der Waals surface area contributed by atoms with Gasteiger partial charge < -0.3 is 9.47 Å². The third kappa shape index (κ3) is 6.31. The first-order valence-corrected chi connectivity index (χ1v) is 29.1. The zero-order valence-electron chi connectivity index (χ0n) is 43.1. The monoisotopic (exact) mass is 1050 g/mol. The van der Waals surface area contributed by atoms with Gasteiger partial charge in [0.2, 0.25) is 0 Å². The van der Waals surface area contributed by atoms with Crippen molar-refractivity contribution in [2.24, 2.45) is 0 Å². The van der Waals surface area contributed by atoms with Crippen LogP contribution in [0.25, 0.3) is 146 Å². The molecule has 15 aromatic carbocycles. The van der Waals surface area contributed by atoms with Gasteiger partial charge in [-0.1, -0.05) is 206 Å². The van der Waals surface area contributed by atoms with E-state index >= 15 is 0 Å². The van der Waals surface area contributed by atoms with Crippen LogP contribution in [-0.2, 0) is 0 Å². The average molecular weight is 1050 g/mol. The summed E-state index contributed by atoms with van der Waals surface area (Å²) in [6, 6.07) is 100.0. The van der Waals surface area contributed by atoms with Gasteiger partial charge in [-0.05, 0) is 155 Å². The van der Waals surface area contributed by atoms with Crippen molar-refractivity contribution >= 4 is 147 Å². The summed E-state index contributed by atoms with van der Waals surface area (Å²) in [4.78, 5) is 4.90. The number of nitrogens with zero attached hydrogens (tertiary/aromatic N) is 2. The molecule has 3 heterocycles. The third-order valence-electron chi connectivity index (χ3n) is 17.2. The molecule has 80 heavy (non-hydrogen) atoms. The van der Waals surface area contributed by atoms with E-state index in [4.69, 9.17) is 0 Å². The highest BCUT2D eigenvalue weighted by Gasteiger charge is 2.28. The minimum absolute atomic E-state index is 1.14. The van der Waals surface area contributed by atoms with Crippen LogP contribution >= 0.6 is 23.1 Å². The van der Waals surface area contributed by atoms with Crippen molar-refractivity contribution in [2.75, 3.05) is 4.90 Å². The Morgan fingerprint density at radius 1 is 0.275 bits per heavy atom. The van der Waals surface area contributed by atoms with Gasteiger partial charge in [-0.25, -0.2) is 0 Å². The number of benzene rings is 15. The summed E-state index contributed by atoms with van der Waals surface area (Å²) in [5.74, 6) is 0. The van der Waals surface area contributed by atoms with Crippen molar-refractivity contribution < 1.29 is 0 Å². The highest BCUT2D eigenvalue weighted by molar-refractivity contribution is 7.99. The number of aromatic nitrogens is 1. The molecule has 0 radical (unpaired) electrons. The molecule has 0 saturated heterocycles. The number of anilines is 3. The zero-order chi connectivity index (χ0) is 52.2. The van der Waals surface area contributed by atoms with Crippen LogP contribution in [0.5, 0.6) is 0 Å². The highest BCUT2D eigenvalue weighted by atomic mass is 32.2. The fourth-order valence-corrected chi connectivity index (χ4v) is 16.2. The Morgan fingerprint density at radius 3 is 1.59 bits per heavy atom. The summed E-state index contributed by atoms with van der Waals surface area (Å²) >= 11 is 3.80. The minimum Gasteiger partial charge on any atom is -0.309 e. The Hall–Kier alpha value is -9.71. The van der Waals surface area contributed by atoms with E-state index in [1.165, 1.54) is 167 Å². The lowest BCUT2D eigenvalue weighted by Gasteiger charge is -2.33. The number of fused-ring (bicyclic) bond motifs is 13. The van der Waals surface area contributed by atoms with Gasteiger partial charge in [0.1, 0.15) is 0 Å². The molecule has 0 fully saturated rings. The SMILES string of the molecule is c1ccc(N2c3ccc(-c4ccc5c(c4)c4ccccc4n5-c4cc5cccc6c7sc8ccccc8c7c7cccc4c7c56)cc3Sc3cc(-c4c5ccccc5c(-c5ccc6ccccc6c5)c5ccccc45)ccc32)cc1. The summed E-state index contributed by atoms with van der Waals surface area (Å²) < 4.78 is 5.23. The first kappa shape index (κ1) is 44.3. The molecule has 0 amide bonds. The molecule has 2 aromatic heterocycles. The van der Waals surface area contributed by atoms with E-state index < -0.39 is 0 Å². The van der Waals surface area contributed by atoms with Crippen molar-refractivity contribution in [3.05, 3.63) is 267 Å². The fraction of sp³-hybridized carbons (Fsp3) is 0. The van der Waals surface area contributed by atoms with Gasteiger partial charge in [0.05, 0.1) is 28.1 Å². The van der Waals surface area contributed by atoms with E-state index in [1.807, 2.05) is 23.1 Å². The number of thiophene rings is 1. The average Bonchev–Trinajstić information content (AvgIpc) is 4.24. The van der Waals surface area contributed by atoms with Crippen molar-refractivity contribution in [2.45, 2.75) is 9.79 Å². The first-order valence-electron chi connectivity index (χ1n) is 27.5. The normalized spacial score (nSPS) is 12.7. The molecule has 0 unspecified atom stereocenters. The topological polar surface area (TPSA) is 8.17 Å². The summed E-state index contributed by atoms with van der Waals surface area (Å²) in [5.41, 5.74) is 14.5. The molecule has 0 atom stereocenters. The molecule has 0 aliphatic carbocycles. The zero-order valence-corrected chi connectivity index (χ0v) is 44.7. The highest BCUT2D eigenvalue weighted by Crippen LogP contribution is 2.55. The second-order valence-corrected chi connectivity index (χ2v) is 23.6. The van der Waals surface area contributed by atoms with Gasteiger partial charge in [-0.15, -0.1) is 11.3 Å². The quantitative estimate of drug-likeness (QED) is 0.125. The Labute approximate surface area is 469 Å². The molecule has 2 nitrogen and oxygen atoms in total. The lowest BCUT2D eigenvalue weighted by molar-refractivity contribution is 1.17. The van der Waals surface area contributed by atoms with Gasteiger partial charge >= 0.3 is 0 Å². The molecule has 0 N–H and O–H groups in total. The van der Waals surface area contributed by atoms with Crippen LogP contribution < -0.4 is 4.90 Å². The molecule has 370 valence electrons. The van der Waals surface area contributed by atoms with Crippen molar-refractivity contribution in [3.8, 4) is 39.1 Å². The van der Waals surface area contributed by atoms with Gasteiger partial charge in [0.15, 0.2) is 0 Å². The standard InChI is InChI=1S/C76H44N2S2/c1-2-19-52(20-3-1)77-65-38-35-48(43-69(65)79-70-44-51(36-39-66(70)77)72-56-24-8-6-22-54(56)71(55-23-7-9-25-57(55)72)50-33-32-45-16-4-5-17-46(45)40-50)47-34-37-64-62(41-47)53-21-10-12-30-63(53)78(64)67-42-49-18-14-29-61-73(49)74-58(67)27-15-28-60(74)75-59-26-11-13-31-68(59)80-76(61)75/h1-44H. The Bertz CT molecular complexity index is 5420. The maximum absolute atomic E-state index is 2.53. The largest absolute Gasteiger partial charge is 0.309 e. The molecule has 17 aromatic rings. The summed E-state index contributed by atoms with van der Waals surface area (Å²) in [7, 11) is 0. The molecular formula is C76H44N2S2. The fourth-order valence-electron chi connectivity index (χ4n) is 13.8. The van der Waals surface area contributed by atoms with Crippen LogP contribution in [-0.4, -0.2) is 4.57 Å².